The first kappa shape index (κ1) is 27.3. The molecule has 4 nitrogen and oxygen atoms in total. The van der Waals surface area contributed by atoms with E-state index < -0.39 is 47.6 Å². The van der Waals surface area contributed by atoms with Crippen LogP contribution in [0.2, 0.25) is 0 Å². The summed E-state index contributed by atoms with van der Waals surface area (Å²) in [6, 6.07) is 0.270. The van der Waals surface area contributed by atoms with E-state index in [0.29, 0.717) is 6.07 Å². The fraction of sp³-hybridized carbons (Fsp3) is 0.471. The minimum atomic E-state index is -7.42. The van der Waals surface area contributed by atoms with Gasteiger partial charge in [-0.1, -0.05) is 19.9 Å². The molecular formula is C17H14F11NO3. The summed E-state index contributed by atoms with van der Waals surface area (Å²) in [5.74, 6) is -26.8. The normalized spacial score (nSPS) is 14.2. The number of hydrogen-bond acceptors (Lipinski definition) is 3. The maximum absolute atomic E-state index is 13.6. The maximum atomic E-state index is 13.6. The van der Waals surface area contributed by atoms with Crippen LogP contribution in [0.5, 0.6) is 5.75 Å². The van der Waals surface area contributed by atoms with Crippen LogP contribution in [0.15, 0.2) is 36.1 Å². The van der Waals surface area contributed by atoms with Crippen molar-refractivity contribution in [1.29, 1.82) is 0 Å². The van der Waals surface area contributed by atoms with Gasteiger partial charge < -0.3 is 9.47 Å². The molecular weight excluding hydrogens is 475 g/mol. The number of carbonyl (C=O) groups is 1. The Bertz CT molecular complexity index is 850. The van der Waals surface area contributed by atoms with Gasteiger partial charge >= 0.3 is 36.1 Å². The van der Waals surface area contributed by atoms with Crippen LogP contribution in [0, 0.1) is 5.92 Å². The number of benzene rings is 1. The second-order valence-corrected chi connectivity index (χ2v) is 6.56. The van der Waals surface area contributed by atoms with E-state index in [0.717, 1.165) is 18.2 Å². The topological polar surface area (TPSA) is 47.6 Å². The van der Waals surface area contributed by atoms with Gasteiger partial charge in [0.1, 0.15) is 5.75 Å². The summed E-state index contributed by atoms with van der Waals surface area (Å²) in [4.78, 5) is 11.5. The van der Waals surface area contributed by atoms with Crippen LogP contribution in [0.1, 0.15) is 13.8 Å². The molecule has 15 heteroatoms. The molecule has 0 aliphatic heterocycles. The van der Waals surface area contributed by atoms with Crippen LogP contribution in [0.4, 0.5) is 58.8 Å². The Hall–Kier alpha value is -2.74. The van der Waals surface area contributed by atoms with Crippen molar-refractivity contribution in [2.75, 3.05) is 11.9 Å². The molecule has 0 fully saturated rings. The molecule has 0 aliphatic rings. The van der Waals surface area contributed by atoms with E-state index in [1.807, 2.05) is 0 Å². The molecule has 0 bridgehead atoms. The average Bonchev–Trinajstić information content (AvgIpc) is 2.64. The fourth-order valence-corrected chi connectivity index (χ4v) is 1.82. The molecule has 1 aromatic rings. The molecule has 0 aliphatic carbocycles. The Morgan fingerprint density at radius 2 is 1.53 bits per heavy atom. The third-order valence-corrected chi connectivity index (χ3v) is 3.43. The summed E-state index contributed by atoms with van der Waals surface area (Å²) >= 11 is 0. The first-order chi connectivity index (χ1) is 14.3. The number of hydrogen-bond donors (Lipinski definition) is 1. The molecule has 32 heavy (non-hydrogen) atoms. The summed E-state index contributed by atoms with van der Waals surface area (Å²) in [6.07, 6.45) is -8.24. The number of rotatable bonds is 8. The number of ether oxygens (including phenoxy) is 2. The van der Waals surface area contributed by atoms with Gasteiger partial charge in [0.15, 0.2) is 0 Å². The Morgan fingerprint density at radius 3 is 2.03 bits per heavy atom. The van der Waals surface area contributed by atoms with E-state index in [1.165, 1.54) is 0 Å². The Balaban J connectivity index is 3.13. The lowest BCUT2D eigenvalue weighted by Gasteiger charge is -2.32. The SMILES string of the molecule is CC(C)COC(=O)Nc1cccc(OC(F)=C(F)C(F)(F)C(F)(F)C(F)(F)C(F)(F)F)c1. The van der Waals surface area contributed by atoms with E-state index in [4.69, 9.17) is 4.74 Å². The van der Waals surface area contributed by atoms with Crippen LogP contribution in [-0.2, 0) is 4.74 Å². The molecule has 0 radical (unpaired) electrons. The lowest BCUT2D eigenvalue weighted by molar-refractivity contribution is -0.392. The standard InChI is InChI=1S/C17H14F11NO3/c1-8(2)7-31-13(30)29-9-4-3-5-10(6-9)32-12(19)11(18)14(20,21)15(22,23)16(24,25)17(26,27)28/h3-6,8H,7H2,1-2H3,(H,29,30). The molecule has 182 valence electrons. The van der Waals surface area contributed by atoms with Crippen molar-refractivity contribution in [2.24, 2.45) is 5.92 Å². The van der Waals surface area contributed by atoms with Crippen LogP contribution in [0.25, 0.3) is 0 Å². The zero-order chi connectivity index (χ0) is 25.1. The van der Waals surface area contributed by atoms with Crippen LogP contribution < -0.4 is 10.1 Å². The average molecular weight is 489 g/mol. The minimum absolute atomic E-state index is 0.0174. The third kappa shape index (κ3) is 5.73. The number of allylic oxidation sites excluding steroid dienone is 1. The molecule has 0 unspecified atom stereocenters. The highest BCUT2D eigenvalue weighted by molar-refractivity contribution is 5.84. The van der Waals surface area contributed by atoms with Crippen molar-refractivity contribution in [2.45, 2.75) is 37.8 Å². The first-order valence-electron chi connectivity index (χ1n) is 8.32. The number of amides is 1. The van der Waals surface area contributed by atoms with Crippen molar-refractivity contribution in [3.05, 3.63) is 36.1 Å². The summed E-state index contributed by atoms with van der Waals surface area (Å²) < 4.78 is 151. The second-order valence-electron chi connectivity index (χ2n) is 6.56. The molecule has 0 saturated carbocycles. The molecule has 1 aromatic carbocycles. The highest BCUT2D eigenvalue weighted by Crippen LogP contribution is 2.55. The Labute approximate surface area is 173 Å². The van der Waals surface area contributed by atoms with Crippen molar-refractivity contribution in [1.82, 2.24) is 0 Å². The van der Waals surface area contributed by atoms with Gasteiger partial charge in [-0.05, 0) is 18.1 Å². The van der Waals surface area contributed by atoms with Gasteiger partial charge in [-0.15, -0.1) is 0 Å². The monoisotopic (exact) mass is 489 g/mol. The predicted molar refractivity (Wildman–Crippen MR) is 87.0 cm³/mol. The van der Waals surface area contributed by atoms with Crippen LogP contribution >= 0.6 is 0 Å². The van der Waals surface area contributed by atoms with Gasteiger partial charge in [-0.25, -0.2) is 4.79 Å². The second kappa shape index (κ2) is 9.40. The van der Waals surface area contributed by atoms with Gasteiger partial charge in [0, 0.05) is 11.8 Å². The highest BCUT2D eigenvalue weighted by Gasteiger charge is 2.83. The first-order valence-corrected chi connectivity index (χ1v) is 8.32. The largest absolute Gasteiger partial charge is 0.460 e. The smallest absolute Gasteiger partial charge is 0.449 e. The van der Waals surface area contributed by atoms with E-state index in [2.05, 4.69) is 10.1 Å². The number of alkyl halides is 9. The fourth-order valence-electron chi connectivity index (χ4n) is 1.82. The van der Waals surface area contributed by atoms with Crippen molar-refractivity contribution >= 4 is 11.8 Å². The molecule has 0 aromatic heterocycles. The summed E-state index contributed by atoms with van der Waals surface area (Å²) in [7, 11) is 0. The van der Waals surface area contributed by atoms with E-state index >= 15 is 0 Å². The molecule has 1 amide bonds. The number of anilines is 1. The summed E-state index contributed by atoms with van der Waals surface area (Å²) in [6.45, 7) is 3.39. The lowest BCUT2D eigenvalue weighted by atomic mass is 10.0. The predicted octanol–water partition coefficient (Wildman–Crippen LogP) is 6.85. The minimum Gasteiger partial charge on any atom is -0.449 e. The number of nitrogens with one attached hydrogen (secondary N) is 1. The third-order valence-electron chi connectivity index (χ3n) is 3.43. The number of carbonyl (C=O) groups excluding carboxylic acids is 1. The zero-order valence-electron chi connectivity index (χ0n) is 16.0. The molecule has 1 N–H and O–H groups in total. The highest BCUT2D eigenvalue weighted by atomic mass is 19.4. The zero-order valence-corrected chi connectivity index (χ0v) is 16.0. The van der Waals surface area contributed by atoms with E-state index in [9.17, 15) is 53.1 Å². The van der Waals surface area contributed by atoms with Crippen molar-refractivity contribution < 1.29 is 62.6 Å². The van der Waals surface area contributed by atoms with Crippen molar-refractivity contribution in [3.63, 3.8) is 0 Å². The van der Waals surface area contributed by atoms with Gasteiger partial charge in [-0.3, -0.25) is 5.32 Å². The van der Waals surface area contributed by atoms with Crippen LogP contribution in [0.3, 0.4) is 0 Å². The van der Waals surface area contributed by atoms with E-state index in [-0.39, 0.29) is 18.2 Å². The van der Waals surface area contributed by atoms with Gasteiger partial charge in [0.2, 0.25) is 5.83 Å². The molecule has 0 saturated heterocycles. The molecule has 0 heterocycles. The molecule has 0 atom stereocenters. The Morgan fingerprint density at radius 1 is 0.969 bits per heavy atom. The van der Waals surface area contributed by atoms with Crippen LogP contribution in [-0.4, -0.2) is 36.6 Å². The quantitative estimate of drug-likeness (QED) is 0.321. The van der Waals surface area contributed by atoms with E-state index in [1.54, 1.807) is 13.8 Å². The van der Waals surface area contributed by atoms with Crippen molar-refractivity contribution in [3.8, 4) is 5.75 Å². The maximum Gasteiger partial charge on any atom is 0.460 e. The molecule has 1 rings (SSSR count). The summed E-state index contributed by atoms with van der Waals surface area (Å²) in [5.41, 5.74) is -0.245. The molecule has 0 spiro atoms. The van der Waals surface area contributed by atoms with Gasteiger partial charge in [0.25, 0.3) is 0 Å². The van der Waals surface area contributed by atoms with Gasteiger partial charge in [-0.2, -0.15) is 48.3 Å². The van der Waals surface area contributed by atoms with Gasteiger partial charge in [0.05, 0.1) is 6.61 Å². The summed E-state index contributed by atoms with van der Waals surface area (Å²) in [5, 5.41) is 2.07. The lowest BCUT2D eigenvalue weighted by Crippen LogP contribution is -2.61. The number of halogens is 11. The Kier molecular flexibility index (Phi) is 8.02.